The number of nitrogens with zero attached hydrogens (tertiary/aromatic N) is 1. The zero-order valence-corrected chi connectivity index (χ0v) is 18.0. The van der Waals surface area contributed by atoms with Crippen molar-refractivity contribution in [2.45, 2.75) is 51.9 Å². The normalized spacial score (nSPS) is 22.6. The third-order valence-corrected chi connectivity index (χ3v) is 6.84. The molecule has 1 atom stereocenters. The summed E-state index contributed by atoms with van der Waals surface area (Å²) in [6.07, 6.45) is 3.12. The molecule has 1 aromatic heterocycles. The quantitative estimate of drug-likeness (QED) is 0.631. The molecule has 3 nitrogen and oxygen atoms in total. The van der Waals surface area contributed by atoms with Crippen LogP contribution in [-0.2, 0) is 23.1 Å². The van der Waals surface area contributed by atoms with E-state index in [0.717, 1.165) is 36.2 Å². The van der Waals surface area contributed by atoms with Crippen molar-refractivity contribution in [3.8, 4) is 0 Å². The van der Waals surface area contributed by atoms with E-state index < -0.39 is 5.41 Å². The second-order valence-corrected chi connectivity index (χ2v) is 9.77. The van der Waals surface area contributed by atoms with E-state index in [1.165, 1.54) is 22.3 Å². The van der Waals surface area contributed by atoms with Gasteiger partial charge in [0.1, 0.15) is 0 Å². The minimum absolute atomic E-state index is 0.0118. The van der Waals surface area contributed by atoms with Gasteiger partial charge in [-0.25, -0.2) is 0 Å². The van der Waals surface area contributed by atoms with Crippen molar-refractivity contribution in [3.63, 3.8) is 0 Å². The van der Waals surface area contributed by atoms with Crippen LogP contribution >= 0.6 is 0 Å². The van der Waals surface area contributed by atoms with Gasteiger partial charge in [-0.15, -0.1) is 0 Å². The molecule has 0 saturated carbocycles. The fourth-order valence-corrected chi connectivity index (χ4v) is 5.69. The average molecular weight is 397 g/mol. The van der Waals surface area contributed by atoms with Gasteiger partial charge in [0.15, 0.2) is 5.78 Å². The second kappa shape index (κ2) is 6.80. The highest BCUT2D eigenvalue weighted by Gasteiger charge is 2.48. The number of ketones is 1. The van der Waals surface area contributed by atoms with Crippen LogP contribution in [0.2, 0.25) is 0 Å². The Labute approximate surface area is 178 Å². The molecule has 5 rings (SSSR count). The van der Waals surface area contributed by atoms with Crippen LogP contribution in [-0.4, -0.2) is 16.0 Å². The molecule has 2 aromatic carbocycles. The van der Waals surface area contributed by atoms with Crippen molar-refractivity contribution in [2.75, 3.05) is 0 Å². The number of rotatable bonds is 3. The molecule has 152 valence electrons. The summed E-state index contributed by atoms with van der Waals surface area (Å²) >= 11 is 0. The smallest absolute Gasteiger partial charge is 0.160 e. The maximum Gasteiger partial charge on any atom is 0.160 e. The van der Waals surface area contributed by atoms with Gasteiger partial charge in [-0.2, -0.15) is 5.10 Å². The Morgan fingerprint density at radius 3 is 2.30 bits per heavy atom. The van der Waals surface area contributed by atoms with Gasteiger partial charge in [0.25, 0.3) is 0 Å². The minimum atomic E-state index is -0.477. The van der Waals surface area contributed by atoms with Crippen LogP contribution < -0.4 is 0 Å². The number of aromatic nitrogens is 2. The first-order valence-corrected chi connectivity index (χ1v) is 10.8. The van der Waals surface area contributed by atoms with E-state index in [-0.39, 0.29) is 5.41 Å². The SMILES string of the molecule is CC1(C)CC(=O)C2=C(Cc3[nH]nc(Cc4ccccc4)c3[C@]2(C)c2ccccc2)C1. The largest absolute Gasteiger partial charge is 0.294 e. The van der Waals surface area contributed by atoms with Gasteiger partial charge in [-0.05, 0) is 29.9 Å². The molecule has 0 aliphatic heterocycles. The number of aromatic amines is 1. The van der Waals surface area contributed by atoms with Crippen LogP contribution in [0.5, 0.6) is 0 Å². The Balaban J connectivity index is 1.72. The fourth-order valence-electron chi connectivity index (χ4n) is 5.69. The maximum atomic E-state index is 13.5. The van der Waals surface area contributed by atoms with Crippen LogP contribution in [0.15, 0.2) is 71.8 Å². The van der Waals surface area contributed by atoms with Crippen LogP contribution in [0.3, 0.4) is 0 Å². The summed E-state index contributed by atoms with van der Waals surface area (Å²) in [7, 11) is 0. The van der Waals surface area contributed by atoms with Crippen molar-refractivity contribution in [1.82, 2.24) is 10.2 Å². The highest BCUT2D eigenvalue weighted by Crippen LogP contribution is 2.52. The number of hydrogen-bond donors (Lipinski definition) is 1. The zero-order valence-electron chi connectivity index (χ0n) is 18.0. The molecule has 0 saturated heterocycles. The van der Waals surface area contributed by atoms with Gasteiger partial charge in [0, 0.05) is 41.5 Å². The number of carbonyl (C=O) groups is 1. The molecule has 0 unspecified atom stereocenters. The van der Waals surface area contributed by atoms with Crippen LogP contribution in [0.4, 0.5) is 0 Å². The number of H-pyrrole nitrogens is 1. The number of allylic oxidation sites excluding steroid dienone is 2. The van der Waals surface area contributed by atoms with Crippen molar-refractivity contribution in [3.05, 3.63) is 99.9 Å². The standard InChI is InChI=1S/C27H28N2O/c1-26(2)16-19-15-22-25(21(28-29-22)14-18-10-6-4-7-11-18)27(3,24(19)23(30)17-26)20-12-8-5-9-13-20/h4-13H,14-17H2,1-3H3,(H,28,29)/t27-/m1/s1. The number of Topliss-reactive ketones (excluding diaryl/α,β-unsaturated/α-hetero) is 1. The Bertz CT molecular complexity index is 1140. The summed E-state index contributed by atoms with van der Waals surface area (Å²) in [5, 5.41) is 8.12. The molecular weight excluding hydrogens is 368 g/mol. The summed E-state index contributed by atoms with van der Waals surface area (Å²) in [6, 6.07) is 21.0. The molecule has 0 spiro atoms. The van der Waals surface area contributed by atoms with Gasteiger partial charge in [0.05, 0.1) is 5.69 Å². The first kappa shape index (κ1) is 19.0. The van der Waals surface area contributed by atoms with Crippen molar-refractivity contribution in [1.29, 1.82) is 0 Å². The lowest BCUT2D eigenvalue weighted by Gasteiger charge is -2.44. The summed E-state index contributed by atoms with van der Waals surface area (Å²) in [5.41, 5.74) is 7.64. The number of nitrogens with one attached hydrogen (secondary N) is 1. The Hall–Kier alpha value is -2.94. The Morgan fingerprint density at radius 1 is 0.933 bits per heavy atom. The number of carbonyl (C=O) groups excluding carboxylic acids is 1. The molecule has 0 bridgehead atoms. The summed E-state index contributed by atoms with van der Waals surface area (Å²) in [6.45, 7) is 6.64. The molecule has 2 aliphatic carbocycles. The predicted molar refractivity (Wildman–Crippen MR) is 119 cm³/mol. The molecule has 3 aromatic rings. The first-order valence-electron chi connectivity index (χ1n) is 10.8. The fraction of sp³-hybridized carbons (Fsp3) is 0.333. The first-order chi connectivity index (χ1) is 14.4. The minimum Gasteiger partial charge on any atom is -0.294 e. The number of fused-ring (bicyclic) bond motifs is 1. The van der Waals surface area contributed by atoms with E-state index in [1.54, 1.807) is 0 Å². The lowest BCUT2D eigenvalue weighted by Crippen LogP contribution is -2.41. The maximum absolute atomic E-state index is 13.5. The van der Waals surface area contributed by atoms with Crippen LogP contribution in [0, 0.1) is 5.41 Å². The van der Waals surface area contributed by atoms with E-state index in [0.29, 0.717) is 12.2 Å². The molecular formula is C27H28N2O. The Morgan fingerprint density at radius 2 is 1.60 bits per heavy atom. The third-order valence-electron chi connectivity index (χ3n) is 6.84. The highest BCUT2D eigenvalue weighted by atomic mass is 16.1. The molecule has 0 radical (unpaired) electrons. The van der Waals surface area contributed by atoms with Crippen molar-refractivity contribution in [2.24, 2.45) is 5.41 Å². The van der Waals surface area contributed by atoms with E-state index >= 15 is 0 Å². The number of benzene rings is 2. The van der Waals surface area contributed by atoms with Gasteiger partial charge >= 0.3 is 0 Å². The summed E-state index contributed by atoms with van der Waals surface area (Å²) in [4.78, 5) is 13.5. The van der Waals surface area contributed by atoms with E-state index in [4.69, 9.17) is 5.10 Å². The number of hydrogen-bond acceptors (Lipinski definition) is 2. The van der Waals surface area contributed by atoms with Gasteiger partial charge < -0.3 is 0 Å². The summed E-state index contributed by atoms with van der Waals surface area (Å²) < 4.78 is 0. The van der Waals surface area contributed by atoms with Gasteiger partial charge in [0.2, 0.25) is 0 Å². The Kier molecular flexibility index (Phi) is 4.32. The van der Waals surface area contributed by atoms with Gasteiger partial charge in [-0.1, -0.05) is 80.1 Å². The van der Waals surface area contributed by atoms with E-state index in [1.807, 2.05) is 12.1 Å². The molecule has 3 heteroatoms. The second-order valence-electron chi connectivity index (χ2n) is 9.77. The molecule has 30 heavy (non-hydrogen) atoms. The molecule has 0 fully saturated rings. The molecule has 1 heterocycles. The highest BCUT2D eigenvalue weighted by molar-refractivity contribution is 6.01. The van der Waals surface area contributed by atoms with Crippen LogP contribution in [0.25, 0.3) is 0 Å². The molecule has 2 aliphatic rings. The molecule has 0 amide bonds. The van der Waals surface area contributed by atoms with Crippen LogP contribution in [0.1, 0.15) is 61.7 Å². The molecule has 1 N–H and O–H groups in total. The van der Waals surface area contributed by atoms with E-state index in [9.17, 15) is 4.79 Å². The predicted octanol–water partition coefficient (Wildman–Crippen LogP) is 5.55. The monoisotopic (exact) mass is 396 g/mol. The van der Waals surface area contributed by atoms with Gasteiger partial charge in [-0.3, -0.25) is 9.89 Å². The van der Waals surface area contributed by atoms with Crippen molar-refractivity contribution < 1.29 is 4.79 Å². The van der Waals surface area contributed by atoms with Crippen molar-refractivity contribution >= 4 is 5.78 Å². The third kappa shape index (κ3) is 2.96. The summed E-state index contributed by atoms with van der Waals surface area (Å²) in [5.74, 6) is 0.296. The topological polar surface area (TPSA) is 45.8 Å². The average Bonchev–Trinajstić information content (AvgIpc) is 3.11. The van der Waals surface area contributed by atoms with E-state index in [2.05, 4.69) is 74.4 Å². The zero-order chi connectivity index (χ0) is 20.9. The lowest BCUT2D eigenvalue weighted by atomic mass is 9.58. The lowest BCUT2D eigenvalue weighted by molar-refractivity contribution is -0.118.